The van der Waals surface area contributed by atoms with Gasteiger partial charge in [0, 0.05) is 56.3 Å². The highest BCUT2D eigenvalue weighted by Gasteiger charge is 2.37. The highest BCUT2D eigenvalue weighted by Crippen LogP contribution is 2.31. The van der Waals surface area contributed by atoms with Crippen molar-refractivity contribution in [2.45, 2.75) is 31.5 Å². The molecule has 3 aromatic heterocycles. The number of rotatable bonds is 5. The Morgan fingerprint density at radius 2 is 1.90 bits per heavy atom. The van der Waals surface area contributed by atoms with Crippen LogP contribution in [0.3, 0.4) is 0 Å². The molecule has 12 heteroatoms. The number of hydrogen-bond donors (Lipinski definition) is 1. The van der Waals surface area contributed by atoms with Gasteiger partial charge in [0.05, 0.1) is 12.7 Å². The Morgan fingerprint density at radius 3 is 2.56 bits per heavy atom. The van der Waals surface area contributed by atoms with E-state index in [1.807, 2.05) is 37.3 Å². The van der Waals surface area contributed by atoms with Gasteiger partial charge >= 0.3 is 6.18 Å². The third-order valence-electron chi connectivity index (χ3n) is 7.07. The van der Waals surface area contributed by atoms with Crippen LogP contribution < -0.4 is 10.1 Å². The van der Waals surface area contributed by atoms with Crippen LogP contribution in [0.1, 0.15) is 50.1 Å². The number of carbonyl (C=O) groups is 2. The van der Waals surface area contributed by atoms with Crippen molar-refractivity contribution in [2.75, 3.05) is 20.2 Å². The Labute approximate surface area is 222 Å². The van der Waals surface area contributed by atoms with E-state index < -0.39 is 23.8 Å². The summed E-state index contributed by atoms with van der Waals surface area (Å²) in [6.07, 6.45) is -0.819. The predicted molar refractivity (Wildman–Crippen MR) is 136 cm³/mol. The van der Waals surface area contributed by atoms with Crippen molar-refractivity contribution >= 4 is 17.5 Å². The van der Waals surface area contributed by atoms with E-state index in [2.05, 4.69) is 15.4 Å². The molecule has 1 aliphatic rings. The lowest BCUT2D eigenvalue weighted by molar-refractivity contribution is -0.141. The molecule has 0 radical (unpaired) electrons. The van der Waals surface area contributed by atoms with E-state index in [-0.39, 0.29) is 17.5 Å². The van der Waals surface area contributed by atoms with Crippen LogP contribution in [0.2, 0.25) is 0 Å². The SMILES string of the molecule is COc1cc(C(=O)N2CC[C@@H](NC(=O)c3cc(C(F)(F)F)nn3C)[C@@H](c3ccccc3)C2)cn2c(C)cnc12. The number of alkyl halides is 3. The molecule has 1 fully saturated rings. The Bertz CT molecular complexity index is 1530. The van der Waals surface area contributed by atoms with Gasteiger partial charge in [-0.2, -0.15) is 18.3 Å². The number of ether oxygens (including phenoxy) is 1. The average Bonchev–Trinajstić information content (AvgIpc) is 3.51. The Morgan fingerprint density at radius 1 is 1.15 bits per heavy atom. The maximum Gasteiger partial charge on any atom is 0.435 e. The number of amides is 2. The largest absolute Gasteiger partial charge is 0.493 e. The minimum atomic E-state index is -4.66. The molecule has 0 unspecified atom stereocenters. The second kappa shape index (κ2) is 10.1. The maximum atomic E-state index is 13.6. The number of fused-ring (bicyclic) bond motifs is 1. The molecule has 1 aromatic carbocycles. The number of nitrogens with zero attached hydrogens (tertiary/aromatic N) is 5. The highest BCUT2D eigenvalue weighted by atomic mass is 19.4. The smallest absolute Gasteiger partial charge is 0.435 e. The summed E-state index contributed by atoms with van der Waals surface area (Å²) in [4.78, 5) is 32.8. The Balaban J connectivity index is 1.41. The number of aromatic nitrogens is 4. The molecular weight excluding hydrogens is 513 g/mol. The molecule has 0 saturated carbocycles. The first-order valence-corrected chi connectivity index (χ1v) is 12.3. The zero-order valence-corrected chi connectivity index (χ0v) is 21.6. The lowest BCUT2D eigenvalue weighted by Crippen LogP contribution is -2.51. The molecular formula is C27H27F3N6O3. The van der Waals surface area contributed by atoms with Crippen molar-refractivity contribution in [1.29, 1.82) is 0 Å². The van der Waals surface area contributed by atoms with Crippen LogP contribution in [0, 0.1) is 6.92 Å². The number of benzene rings is 1. The first-order valence-electron chi connectivity index (χ1n) is 12.3. The standard InChI is InChI=1S/C27H27F3N6O3/c1-16-13-31-24-22(39-3)11-18(14-36(16)24)26(38)35-10-9-20(19(15-35)17-7-5-4-6-8-17)32-25(37)21-12-23(27(28,29)30)33-34(21)2/h4-8,11-14,19-20H,9-10,15H2,1-3H3,(H,32,37)/t19-,20-/m1/s1. The van der Waals surface area contributed by atoms with Crippen LogP contribution >= 0.6 is 0 Å². The molecule has 204 valence electrons. The molecule has 1 N–H and O–H groups in total. The molecule has 0 aliphatic carbocycles. The number of aryl methyl sites for hydroxylation is 2. The summed E-state index contributed by atoms with van der Waals surface area (Å²) in [6, 6.07) is 11.4. The van der Waals surface area contributed by atoms with Gasteiger partial charge in [0.2, 0.25) is 0 Å². The molecule has 9 nitrogen and oxygen atoms in total. The zero-order valence-electron chi connectivity index (χ0n) is 21.6. The number of carbonyl (C=O) groups excluding carboxylic acids is 2. The second-order valence-electron chi connectivity index (χ2n) is 9.56. The van der Waals surface area contributed by atoms with Gasteiger partial charge in [0.25, 0.3) is 11.8 Å². The van der Waals surface area contributed by atoms with Crippen LogP contribution in [0.4, 0.5) is 13.2 Å². The van der Waals surface area contributed by atoms with Gasteiger partial charge in [-0.1, -0.05) is 30.3 Å². The van der Waals surface area contributed by atoms with Gasteiger partial charge in [0.1, 0.15) is 5.69 Å². The Hall–Kier alpha value is -4.35. The van der Waals surface area contributed by atoms with Crippen molar-refractivity contribution in [1.82, 2.24) is 29.4 Å². The fourth-order valence-corrected chi connectivity index (χ4v) is 5.03. The number of halogens is 3. The lowest BCUT2D eigenvalue weighted by atomic mass is 9.85. The lowest BCUT2D eigenvalue weighted by Gasteiger charge is -2.39. The minimum Gasteiger partial charge on any atom is -0.493 e. The van der Waals surface area contributed by atoms with E-state index in [1.165, 1.54) is 14.2 Å². The summed E-state index contributed by atoms with van der Waals surface area (Å²) < 4.78 is 47.6. The first-order chi connectivity index (χ1) is 18.6. The second-order valence-corrected chi connectivity index (χ2v) is 9.56. The summed E-state index contributed by atoms with van der Waals surface area (Å²) in [6.45, 7) is 2.53. The fourth-order valence-electron chi connectivity index (χ4n) is 5.03. The van der Waals surface area contributed by atoms with Crippen molar-refractivity contribution in [3.05, 3.63) is 83.1 Å². The van der Waals surface area contributed by atoms with E-state index in [1.54, 1.807) is 27.8 Å². The summed E-state index contributed by atoms with van der Waals surface area (Å²) in [7, 11) is 2.82. The molecule has 1 aliphatic heterocycles. The van der Waals surface area contributed by atoms with Gasteiger partial charge in [-0.15, -0.1) is 0 Å². The van der Waals surface area contributed by atoms with Gasteiger partial charge in [0.15, 0.2) is 17.1 Å². The third-order valence-corrected chi connectivity index (χ3v) is 7.07. The van der Waals surface area contributed by atoms with Crippen LogP contribution in [-0.2, 0) is 13.2 Å². The van der Waals surface area contributed by atoms with Gasteiger partial charge in [-0.05, 0) is 25.0 Å². The monoisotopic (exact) mass is 540 g/mol. The normalized spacial score (nSPS) is 17.8. The third kappa shape index (κ3) is 5.06. The van der Waals surface area contributed by atoms with Crippen LogP contribution in [-0.4, -0.2) is 62.1 Å². The van der Waals surface area contributed by atoms with E-state index in [0.717, 1.165) is 22.0 Å². The molecule has 2 atom stereocenters. The van der Waals surface area contributed by atoms with E-state index in [0.29, 0.717) is 36.5 Å². The van der Waals surface area contributed by atoms with Crippen molar-refractivity contribution in [3.63, 3.8) is 0 Å². The number of pyridine rings is 1. The van der Waals surface area contributed by atoms with E-state index >= 15 is 0 Å². The van der Waals surface area contributed by atoms with Gasteiger partial charge in [-0.25, -0.2) is 4.98 Å². The number of hydrogen-bond acceptors (Lipinski definition) is 5. The molecule has 4 aromatic rings. The fraction of sp³-hybridized carbons (Fsp3) is 0.333. The molecule has 1 saturated heterocycles. The number of piperidine rings is 1. The number of methoxy groups -OCH3 is 1. The molecule has 4 heterocycles. The van der Waals surface area contributed by atoms with Gasteiger partial charge < -0.3 is 19.4 Å². The molecule has 5 rings (SSSR count). The van der Waals surface area contributed by atoms with E-state index in [4.69, 9.17) is 4.74 Å². The first kappa shape index (κ1) is 26.3. The van der Waals surface area contributed by atoms with E-state index in [9.17, 15) is 22.8 Å². The highest BCUT2D eigenvalue weighted by molar-refractivity contribution is 5.95. The van der Waals surface area contributed by atoms with Crippen LogP contribution in [0.5, 0.6) is 5.75 Å². The van der Waals surface area contributed by atoms with Crippen LogP contribution in [0.15, 0.2) is 54.9 Å². The van der Waals surface area contributed by atoms with Crippen molar-refractivity contribution in [2.24, 2.45) is 7.05 Å². The molecule has 0 spiro atoms. The molecule has 2 amide bonds. The Kier molecular flexibility index (Phi) is 6.79. The quantitative estimate of drug-likeness (QED) is 0.415. The number of imidazole rings is 1. The van der Waals surface area contributed by atoms with Crippen LogP contribution in [0.25, 0.3) is 5.65 Å². The average molecular weight is 541 g/mol. The number of nitrogens with one attached hydrogen (secondary N) is 1. The minimum absolute atomic E-state index is 0.191. The zero-order chi connectivity index (χ0) is 27.9. The van der Waals surface area contributed by atoms with Crippen molar-refractivity contribution < 1.29 is 27.5 Å². The van der Waals surface area contributed by atoms with Gasteiger partial charge in [-0.3, -0.25) is 14.3 Å². The molecule has 39 heavy (non-hydrogen) atoms. The molecule has 0 bridgehead atoms. The predicted octanol–water partition coefficient (Wildman–Crippen LogP) is 3.83. The summed E-state index contributed by atoms with van der Waals surface area (Å²) >= 11 is 0. The number of likely N-dealkylation sites (tertiary alicyclic amines) is 1. The summed E-state index contributed by atoms with van der Waals surface area (Å²) in [5.74, 6) is -0.665. The summed E-state index contributed by atoms with van der Waals surface area (Å²) in [5.41, 5.74) is 1.48. The van der Waals surface area contributed by atoms with Crippen molar-refractivity contribution in [3.8, 4) is 5.75 Å². The maximum absolute atomic E-state index is 13.6. The summed E-state index contributed by atoms with van der Waals surface area (Å²) in [5, 5.41) is 6.34. The topological polar surface area (TPSA) is 93.8 Å².